The number of nitrogens with one attached hydrogen (secondary N) is 2. The van der Waals surface area contributed by atoms with Gasteiger partial charge in [0.05, 0.1) is 6.61 Å². The van der Waals surface area contributed by atoms with E-state index in [0.29, 0.717) is 19.6 Å². The van der Waals surface area contributed by atoms with Crippen LogP contribution in [-0.4, -0.2) is 19.1 Å². The number of hydrogen-bond acceptors (Lipinski definition) is 4. The third-order valence-corrected chi connectivity index (χ3v) is 3.96. The molecule has 0 aliphatic heterocycles. The molecule has 0 bridgehead atoms. The van der Waals surface area contributed by atoms with Gasteiger partial charge in [-0.1, -0.05) is 18.2 Å². The SMILES string of the molecule is CCOc1ccc(NC(=O)CCNc2ccc(Oc3ccccc3)cc2)cc1. The van der Waals surface area contributed by atoms with Crippen LogP contribution in [0.4, 0.5) is 11.4 Å². The van der Waals surface area contributed by atoms with Crippen LogP contribution in [0.3, 0.4) is 0 Å². The molecule has 3 aromatic carbocycles. The van der Waals surface area contributed by atoms with E-state index in [0.717, 1.165) is 28.6 Å². The van der Waals surface area contributed by atoms with E-state index in [1.54, 1.807) is 0 Å². The molecule has 0 saturated carbocycles. The monoisotopic (exact) mass is 376 g/mol. The van der Waals surface area contributed by atoms with Crippen molar-refractivity contribution >= 4 is 17.3 Å². The van der Waals surface area contributed by atoms with Gasteiger partial charge in [-0.25, -0.2) is 0 Å². The maximum absolute atomic E-state index is 12.1. The van der Waals surface area contributed by atoms with Gasteiger partial charge in [0, 0.05) is 24.3 Å². The summed E-state index contributed by atoms with van der Waals surface area (Å²) in [6, 6.07) is 24.7. The van der Waals surface area contributed by atoms with E-state index in [-0.39, 0.29) is 5.91 Å². The Hall–Kier alpha value is -3.47. The van der Waals surface area contributed by atoms with Gasteiger partial charge in [-0.3, -0.25) is 4.79 Å². The lowest BCUT2D eigenvalue weighted by atomic mass is 10.2. The molecule has 2 N–H and O–H groups in total. The molecule has 0 spiro atoms. The second kappa shape index (κ2) is 10.0. The molecule has 0 aliphatic rings. The van der Waals surface area contributed by atoms with Crippen molar-refractivity contribution in [1.29, 1.82) is 0 Å². The Kier molecular flexibility index (Phi) is 6.90. The number of carbonyl (C=O) groups is 1. The Morgan fingerprint density at radius 3 is 2.07 bits per heavy atom. The lowest BCUT2D eigenvalue weighted by Gasteiger charge is -2.10. The number of hydrogen-bond donors (Lipinski definition) is 2. The van der Waals surface area contributed by atoms with Crippen molar-refractivity contribution < 1.29 is 14.3 Å². The summed E-state index contributed by atoms with van der Waals surface area (Å²) in [7, 11) is 0. The average Bonchev–Trinajstić information content (AvgIpc) is 2.72. The zero-order chi connectivity index (χ0) is 19.6. The van der Waals surface area contributed by atoms with Gasteiger partial charge in [0.25, 0.3) is 0 Å². The minimum Gasteiger partial charge on any atom is -0.494 e. The minimum atomic E-state index is -0.0410. The summed E-state index contributed by atoms with van der Waals surface area (Å²) in [5, 5.41) is 6.12. The van der Waals surface area contributed by atoms with E-state index in [9.17, 15) is 4.79 Å². The van der Waals surface area contributed by atoms with Crippen LogP contribution in [0, 0.1) is 0 Å². The van der Waals surface area contributed by atoms with Gasteiger partial charge in [0.15, 0.2) is 0 Å². The van der Waals surface area contributed by atoms with E-state index in [4.69, 9.17) is 9.47 Å². The third kappa shape index (κ3) is 6.06. The second-order valence-electron chi connectivity index (χ2n) is 6.12. The molecule has 0 saturated heterocycles. The number of para-hydroxylation sites is 1. The van der Waals surface area contributed by atoms with E-state index in [1.807, 2.05) is 85.8 Å². The van der Waals surface area contributed by atoms with Crippen LogP contribution in [0.5, 0.6) is 17.2 Å². The van der Waals surface area contributed by atoms with Crippen LogP contribution >= 0.6 is 0 Å². The predicted molar refractivity (Wildman–Crippen MR) is 112 cm³/mol. The standard InChI is InChI=1S/C23H24N2O3/c1-2-27-20-12-10-19(11-13-20)25-23(26)16-17-24-18-8-14-22(15-9-18)28-21-6-4-3-5-7-21/h3-15,24H,2,16-17H2,1H3,(H,25,26). The number of ether oxygens (including phenoxy) is 2. The molecule has 3 rings (SSSR count). The summed E-state index contributed by atoms with van der Waals surface area (Å²) in [5.74, 6) is 2.32. The number of amides is 1. The first kappa shape index (κ1) is 19.3. The van der Waals surface area contributed by atoms with Crippen LogP contribution in [-0.2, 0) is 4.79 Å². The molecule has 5 nitrogen and oxygen atoms in total. The van der Waals surface area contributed by atoms with Crippen LogP contribution in [0.1, 0.15) is 13.3 Å². The number of carbonyl (C=O) groups excluding carboxylic acids is 1. The van der Waals surface area contributed by atoms with Gasteiger partial charge in [-0.2, -0.15) is 0 Å². The topological polar surface area (TPSA) is 59.6 Å². The maximum atomic E-state index is 12.1. The Balaban J connectivity index is 1.41. The quantitative estimate of drug-likeness (QED) is 0.531. The highest BCUT2D eigenvalue weighted by atomic mass is 16.5. The predicted octanol–water partition coefficient (Wildman–Crippen LogP) is 5.32. The largest absolute Gasteiger partial charge is 0.494 e. The molecule has 0 heterocycles. The fourth-order valence-electron chi connectivity index (χ4n) is 2.61. The van der Waals surface area contributed by atoms with Crippen LogP contribution < -0.4 is 20.1 Å². The molecule has 28 heavy (non-hydrogen) atoms. The second-order valence-corrected chi connectivity index (χ2v) is 6.12. The summed E-state index contributed by atoms with van der Waals surface area (Å²) in [6.07, 6.45) is 0.371. The van der Waals surface area contributed by atoms with Gasteiger partial charge in [-0.05, 0) is 67.6 Å². The van der Waals surface area contributed by atoms with Crippen molar-refractivity contribution in [2.45, 2.75) is 13.3 Å². The van der Waals surface area contributed by atoms with Crippen molar-refractivity contribution in [3.8, 4) is 17.2 Å². The van der Waals surface area contributed by atoms with Crippen molar-refractivity contribution in [1.82, 2.24) is 0 Å². The van der Waals surface area contributed by atoms with E-state index >= 15 is 0 Å². The summed E-state index contributed by atoms with van der Waals surface area (Å²) >= 11 is 0. The molecule has 0 unspecified atom stereocenters. The van der Waals surface area contributed by atoms with Crippen LogP contribution in [0.25, 0.3) is 0 Å². The molecule has 1 amide bonds. The Morgan fingerprint density at radius 2 is 1.39 bits per heavy atom. The van der Waals surface area contributed by atoms with Gasteiger partial charge in [0.1, 0.15) is 17.2 Å². The number of anilines is 2. The fraction of sp³-hybridized carbons (Fsp3) is 0.174. The van der Waals surface area contributed by atoms with E-state index in [1.165, 1.54) is 0 Å². The molecule has 3 aromatic rings. The highest BCUT2D eigenvalue weighted by Gasteiger charge is 2.03. The molecule has 0 aromatic heterocycles. The third-order valence-electron chi connectivity index (χ3n) is 3.96. The van der Waals surface area contributed by atoms with Gasteiger partial charge >= 0.3 is 0 Å². The van der Waals surface area contributed by atoms with Crippen LogP contribution in [0.2, 0.25) is 0 Å². The smallest absolute Gasteiger partial charge is 0.226 e. The minimum absolute atomic E-state index is 0.0410. The molecule has 0 atom stereocenters. The van der Waals surface area contributed by atoms with Gasteiger partial charge in [-0.15, -0.1) is 0 Å². The van der Waals surface area contributed by atoms with Crippen molar-refractivity contribution in [2.24, 2.45) is 0 Å². The molecular weight excluding hydrogens is 352 g/mol. The van der Waals surface area contributed by atoms with Gasteiger partial charge < -0.3 is 20.1 Å². The number of rotatable bonds is 9. The van der Waals surface area contributed by atoms with Crippen LogP contribution in [0.15, 0.2) is 78.9 Å². The summed E-state index contributed by atoms with van der Waals surface area (Å²) < 4.78 is 11.2. The summed E-state index contributed by atoms with van der Waals surface area (Å²) in [5.41, 5.74) is 1.70. The first-order valence-electron chi connectivity index (χ1n) is 9.32. The molecule has 144 valence electrons. The lowest BCUT2D eigenvalue weighted by molar-refractivity contribution is -0.115. The Labute approximate surface area is 165 Å². The highest BCUT2D eigenvalue weighted by Crippen LogP contribution is 2.22. The fourth-order valence-corrected chi connectivity index (χ4v) is 2.61. The van der Waals surface area contributed by atoms with Gasteiger partial charge in [0.2, 0.25) is 5.91 Å². The van der Waals surface area contributed by atoms with Crippen molar-refractivity contribution in [3.63, 3.8) is 0 Å². The summed E-state index contributed by atoms with van der Waals surface area (Å²) in [4.78, 5) is 12.1. The maximum Gasteiger partial charge on any atom is 0.226 e. The molecule has 0 fully saturated rings. The highest BCUT2D eigenvalue weighted by molar-refractivity contribution is 5.91. The summed E-state index contributed by atoms with van der Waals surface area (Å²) in [6.45, 7) is 3.10. The number of benzene rings is 3. The zero-order valence-electron chi connectivity index (χ0n) is 15.9. The normalized spacial score (nSPS) is 10.2. The van der Waals surface area contributed by atoms with E-state index < -0.39 is 0 Å². The Bertz CT molecular complexity index is 863. The lowest BCUT2D eigenvalue weighted by Crippen LogP contribution is -2.16. The van der Waals surface area contributed by atoms with Crippen molar-refractivity contribution in [3.05, 3.63) is 78.9 Å². The molecule has 5 heteroatoms. The van der Waals surface area contributed by atoms with E-state index in [2.05, 4.69) is 10.6 Å². The van der Waals surface area contributed by atoms with Crippen molar-refractivity contribution in [2.75, 3.05) is 23.8 Å². The zero-order valence-corrected chi connectivity index (χ0v) is 15.9. The molecule has 0 radical (unpaired) electrons. The first-order chi connectivity index (χ1) is 13.7. The molecule has 0 aliphatic carbocycles. The average molecular weight is 376 g/mol. The molecular formula is C23H24N2O3. The Morgan fingerprint density at radius 1 is 0.786 bits per heavy atom. The first-order valence-corrected chi connectivity index (χ1v) is 9.32.